The number of nitrogens with zero attached hydrogens (tertiary/aromatic N) is 4. The number of aliphatic carboxylic acids is 1. The number of benzene rings is 1. The van der Waals surface area contributed by atoms with Crippen LogP contribution in [-0.4, -0.2) is 43.6 Å². The summed E-state index contributed by atoms with van der Waals surface area (Å²) < 4.78 is 1.55. The normalized spacial score (nSPS) is 18.7. The number of likely N-dealkylation sites (tertiary alicyclic amines) is 1. The van der Waals surface area contributed by atoms with Crippen LogP contribution in [0.15, 0.2) is 24.4 Å². The Bertz CT molecular complexity index is 704. The molecule has 0 radical (unpaired) electrons. The highest BCUT2D eigenvalue weighted by Crippen LogP contribution is 2.28. The number of aromatic nitrogens is 3. The molecule has 1 fully saturated rings. The Morgan fingerprint density at radius 1 is 1.41 bits per heavy atom. The third kappa shape index (κ3) is 2.95. The fourth-order valence-electron chi connectivity index (χ4n) is 2.66. The predicted molar refractivity (Wildman–Crippen MR) is 82.4 cm³/mol. The van der Waals surface area contributed by atoms with Gasteiger partial charge in [-0.05, 0) is 31.5 Å². The lowest BCUT2D eigenvalue weighted by Gasteiger charge is -2.19. The van der Waals surface area contributed by atoms with Crippen LogP contribution in [0.1, 0.15) is 18.5 Å². The van der Waals surface area contributed by atoms with Gasteiger partial charge in [0, 0.05) is 6.54 Å². The summed E-state index contributed by atoms with van der Waals surface area (Å²) in [5, 5.41) is 18.2. The van der Waals surface area contributed by atoms with E-state index in [9.17, 15) is 9.90 Å². The van der Waals surface area contributed by atoms with Crippen LogP contribution >= 0.6 is 23.2 Å². The lowest BCUT2D eigenvalue weighted by Crippen LogP contribution is -2.35. The Morgan fingerprint density at radius 2 is 2.23 bits per heavy atom. The minimum atomic E-state index is -0.789. The Labute approximate surface area is 137 Å². The average Bonchev–Trinajstić information content (AvgIpc) is 3.12. The minimum Gasteiger partial charge on any atom is -0.480 e. The summed E-state index contributed by atoms with van der Waals surface area (Å²) >= 11 is 12.2. The highest BCUT2D eigenvalue weighted by atomic mass is 35.5. The molecule has 1 aliphatic rings. The van der Waals surface area contributed by atoms with Gasteiger partial charge >= 0.3 is 5.97 Å². The molecule has 2 heterocycles. The molecule has 2 aromatic rings. The molecule has 0 spiro atoms. The third-order valence-electron chi connectivity index (χ3n) is 3.73. The second-order valence-electron chi connectivity index (χ2n) is 5.19. The number of hydrogen-bond donors (Lipinski definition) is 1. The number of rotatable bonds is 4. The van der Waals surface area contributed by atoms with Crippen molar-refractivity contribution in [3.63, 3.8) is 0 Å². The molecule has 8 heteroatoms. The Morgan fingerprint density at radius 3 is 3.00 bits per heavy atom. The topological polar surface area (TPSA) is 71.2 Å². The van der Waals surface area contributed by atoms with Crippen LogP contribution in [0.25, 0.3) is 5.69 Å². The van der Waals surface area contributed by atoms with Crippen molar-refractivity contribution in [1.82, 2.24) is 19.9 Å². The van der Waals surface area contributed by atoms with E-state index in [-0.39, 0.29) is 0 Å². The standard InChI is InChI=1S/C14H14Cl2N4O2/c15-10-3-1-4-11(13(10)16)20-8-9(17-18-20)7-19-6-2-5-12(19)14(21)22/h1,3-4,8,12H,2,5-7H2,(H,21,22)/t12-/m0/s1. The molecule has 3 rings (SSSR count). The van der Waals surface area contributed by atoms with Crippen LogP contribution in [0.4, 0.5) is 0 Å². The van der Waals surface area contributed by atoms with Gasteiger partial charge in [0.25, 0.3) is 0 Å². The van der Waals surface area contributed by atoms with E-state index in [1.165, 1.54) is 0 Å². The number of hydrogen-bond acceptors (Lipinski definition) is 4. The summed E-state index contributed by atoms with van der Waals surface area (Å²) in [4.78, 5) is 13.1. The minimum absolute atomic E-state index is 0.408. The lowest BCUT2D eigenvalue weighted by atomic mass is 10.2. The summed E-state index contributed by atoms with van der Waals surface area (Å²) in [6.45, 7) is 1.21. The SMILES string of the molecule is O=C(O)[C@@H]1CCCN1Cc1cn(-c2cccc(Cl)c2Cl)nn1. The fourth-order valence-corrected chi connectivity index (χ4v) is 3.04. The molecule has 1 aliphatic heterocycles. The Balaban J connectivity index is 1.79. The molecule has 0 saturated carbocycles. The van der Waals surface area contributed by atoms with Crippen LogP contribution < -0.4 is 0 Å². The molecule has 0 aliphatic carbocycles. The average molecular weight is 341 g/mol. The van der Waals surface area contributed by atoms with Crippen molar-refractivity contribution >= 4 is 29.2 Å². The van der Waals surface area contributed by atoms with Gasteiger partial charge in [0.2, 0.25) is 0 Å². The molecule has 1 aromatic carbocycles. The van der Waals surface area contributed by atoms with Crippen molar-refractivity contribution in [2.24, 2.45) is 0 Å². The molecule has 1 N–H and O–H groups in total. The first-order chi connectivity index (χ1) is 10.6. The van der Waals surface area contributed by atoms with E-state index in [0.717, 1.165) is 13.0 Å². The van der Waals surface area contributed by atoms with Crippen molar-refractivity contribution in [1.29, 1.82) is 0 Å². The Kier molecular flexibility index (Phi) is 4.33. The van der Waals surface area contributed by atoms with Crippen LogP contribution in [-0.2, 0) is 11.3 Å². The molecule has 1 saturated heterocycles. The quantitative estimate of drug-likeness (QED) is 0.926. The van der Waals surface area contributed by atoms with Crippen LogP contribution in [0.3, 0.4) is 0 Å². The summed E-state index contributed by atoms with van der Waals surface area (Å²) in [5.41, 5.74) is 1.34. The van der Waals surface area contributed by atoms with Gasteiger partial charge in [0.1, 0.15) is 6.04 Å². The van der Waals surface area contributed by atoms with E-state index in [2.05, 4.69) is 10.3 Å². The Hall–Kier alpha value is -1.63. The zero-order valence-corrected chi connectivity index (χ0v) is 13.1. The van der Waals surface area contributed by atoms with Crippen LogP contribution in [0, 0.1) is 0 Å². The largest absolute Gasteiger partial charge is 0.480 e. The van der Waals surface area contributed by atoms with Crippen molar-refractivity contribution in [2.45, 2.75) is 25.4 Å². The van der Waals surface area contributed by atoms with E-state index in [1.54, 1.807) is 29.1 Å². The first kappa shape index (κ1) is 15.3. The first-order valence-electron chi connectivity index (χ1n) is 6.88. The van der Waals surface area contributed by atoms with E-state index >= 15 is 0 Å². The van der Waals surface area contributed by atoms with E-state index in [4.69, 9.17) is 23.2 Å². The lowest BCUT2D eigenvalue weighted by molar-refractivity contribution is -0.142. The van der Waals surface area contributed by atoms with Gasteiger partial charge in [-0.2, -0.15) is 0 Å². The summed E-state index contributed by atoms with van der Waals surface area (Å²) in [5.74, 6) is -0.789. The maximum atomic E-state index is 11.2. The number of halogens is 2. The summed E-state index contributed by atoms with van der Waals surface area (Å²) in [7, 11) is 0. The molecule has 0 bridgehead atoms. The van der Waals surface area contributed by atoms with E-state index < -0.39 is 12.0 Å². The molecule has 1 aromatic heterocycles. The summed E-state index contributed by atoms with van der Waals surface area (Å²) in [6, 6.07) is 4.83. The highest BCUT2D eigenvalue weighted by Gasteiger charge is 2.30. The summed E-state index contributed by atoms with van der Waals surface area (Å²) in [6.07, 6.45) is 3.30. The molecular formula is C14H14Cl2N4O2. The van der Waals surface area contributed by atoms with Crippen molar-refractivity contribution in [2.75, 3.05) is 6.54 Å². The van der Waals surface area contributed by atoms with Gasteiger partial charge in [0.15, 0.2) is 0 Å². The molecule has 22 heavy (non-hydrogen) atoms. The van der Waals surface area contributed by atoms with Crippen LogP contribution in [0.5, 0.6) is 0 Å². The second-order valence-corrected chi connectivity index (χ2v) is 5.98. The maximum absolute atomic E-state index is 11.2. The van der Waals surface area contributed by atoms with Gasteiger partial charge < -0.3 is 5.11 Å². The zero-order chi connectivity index (χ0) is 15.7. The molecule has 0 unspecified atom stereocenters. The zero-order valence-electron chi connectivity index (χ0n) is 11.6. The van der Waals surface area contributed by atoms with Gasteiger partial charge in [-0.3, -0.25) is 9.69 Å². The van der Waals surface area contributed by atoms with Crippen molar-refractivity contribution in [3.05, 3.63) is 40.1 Å². The van der Waals surface area contributed by atoms with Crippen LogP contribution in [0.2, 0.25) is 10.0 Å². The molecule has 0 amide bonds. The van der Waals surface area contributed by atoms with Gasteiger partial charge in [-0.15, -0.1) is 5.10 Å². The second kappa shape index (κ2) is 6.24. The van der Waals surface area contributed by atoms with Gasteiger partial charge in [-0.25, -0.2) is 4.68 Å². The predicted octanol–water partition coefficient (Wildman–Crippen LogP) is 2.62. The fraction of sp³-hybridized carbons (Fsp3) is 0.357. The third-order valence-corrected chi connectivity index (χ3v) is 4.54. The maximum Gasteiger partial charge on any atom is 0.320 e. The van der Waals surface area contributed by atoms with Crippen molar-refractivity contribution < 1.29 is 9.90 Å². The molecule has 116 valence electrons. The van der Waals surface area contributed by atoms with Crippen molar-refractivity contribution in [3.8, 4) is 5.69 Å². The molecule has 1 atom stereocenters. The van der Waals surface area contributed by atoms with E-state index in [0.29, 0.717) is 34.4 Å². The monoisotopic (exact) mass is 340 g/mol. The van der Waals surface area contributed by atoms with Gasteiger partial charge in [0.05, 0.1) is 27.6 Å². The number of carboxylic acid groups (broad SMARTS) is 1. The highest BCUT2D eigenvalue weighted by molar-refractivity contribution is 6.43. The number of carbonyl (C=O) groups is 1. The molecule has 6 nitrogen and oxygen atoms in total. The van der Waals surface area contributed by atoms with Gasteiger partial charge in [-0.1, -0.05) is 34.5 Å². The first-order valence-corrected chi connectivity index (χ1v) is 7.64. The molecular weight excluding hydrogens is 327 g/mol. The number of carboxylic acids is 1. The van der Waals surface area contributed by atoms with E-state index in [1.807, 2.05) is 4.90 Å². The smallest absolute Gasteiger partial charge is 0.320 e.